The van der Waals surface area contributed by atoms with Gasteiger partial charge in [-0.25, -0.2) is 8.78 Å². The highest BCUT2D eigenvalue weighted by atomic mass is 19.1. The van der Waals surface area contributed by atoms with Crippen molar-refractivity contribution in [1.82, 2.24) is 0 Å². The summed E-state index contributed by atoms with van der Waals surface area (Å²) in [7, 11) is 0. The summed E-state index contributed by atoms with van der Waals surface area (Å²) in [6, 6.07) is 10.5. The van der Waals surface area contributed by atoms with Crippen molar-refractivity contribution in [2.45, 2.75) is 26.7 Å². The molecule has 0 atom stereocenters. The number of aryl methyl sites for hydroxylation is 4. The predicted molar refractivity (Wildman–Crippen MR) is 69.7 cm³/mol. The fourth-order valence-electron chi connectivity index (χ4n) is 1.87. The second kappa shape index (κ2) is 5.30. The summed E-state index contributed by atoms with van der Waals surface area (Å²) in [6.07, 6.45) is 1.44. The fraction of sp³-hybridized carbons (Fsp3) is 0.250. The van der Waals surface area contributed by atoms with E-state index in [0.29, 0.717) is 11.1 Å². The van der Waals surface area contributed by atoms with E-state index >= 15 is 0 Å². The Hall–Kier alpha value is -1.70. The van der Waals surface area contributed by atoms with Crippen molar-refractivity contribution in [2.24, 2.45) is 0 Å². The van der Waals surface area contributed by atoms with Crippen molar-refractivity contribution in [3.05, 3.63) is 70.3 Å². The normalized spacial score (nSPS) is 10.7. The molecule has 0 nitrogen and oxygen atoms in total. The minimum Gasteiger partial charge on any atom is -0.207 e. The highest BCUT2D eigenvalue weighted by Crippen LogP contribution is 2.14. The van der Waals surface area contributed by atoms with Crippen molar-refractivity contribution in [3.63, 3.8) is 0 Å². The zero-order chi connectivity index (χ0) is 13.1. The van der Waals surface area contributed by atoms with Crippen LogP contribution in [0, 0.1) is 25.5 Å². The molecule has 0 aromatic heterocycles. The highest BCUT2D eigenvalue weighted by molar-refractivity contribution is 5.27. The minimum atomic E-state index is -0.178. The number of rotatable bonds is 3. The lowest BCUT2D eigenvalue weighted by molar-refractivity contribution is 0.613. The van der Waals surface area contributed by atoms with Gasteiger partial charge in [0, 0.05) is 0 Å². The van der Waals surface area contributed by atoms with Crippen LogP contribution >= 0.6 is 0 Å². The van der Waals surface area contributed by atoms with Gasteiger partial charge in [-0.05, 0) is 61.1 Å². The van der Waals surface area contributed by atoms with Crippen LogP contribution in [-0.2, 0) is 12.8 Å². The van der Waals surface area contributed by atoms with E-state index < -0.39 is 0 Å². The Kier molecular flexibility index (Phi) is 3.75. The van der Waals surface area contributed by atoms with Crippen LogP contribution in [-0.4, -0.2) is 0 Å². The van der Waals surface area contributed by atoms with Gasteiger partial charge in [0.05, 0.1) is 0 Å². The molecule has 0 aliphatic heterocycles. The molecular formula is C16H16F2. The maximum atomic E-state index is 13.4. The molecule has 0 aliphatic carbocycles. The van der Waals surface area contributed by atoms with Gasteiger partial charge in [0.25, 0.3) is 0 Å². The second-order valence-corrected chi connectivity index (χ2v) is 4.67. The van der Waals surface area contributed by atoms with Crippen LogP contribution in [0.3, 0.4) is 0 Å². The first-order valence-electron chi connectivity index (χ1n) is 6.06. The Balaban J connectivity index is 2.06. The average molecular weight is 246 g/mol. The molecule has 0 spiro atoms. The lowest BCUT2D eigenvalue weighted by atomic mass is 10.0. The molecule has 94 valence electrons. The standard InChI is InChI=1S/C16H16F2/c1-11-3-5-13(9-15(11)17)7-8-14-6-4-12(2)16(18)10-14/h3-6,9-10H,7-8H2,1-2H3. The highest BCUT2D eigenvalue weighted by Gasteiger charge is 2.02. The lowest BCUT2D eigenvalue weighted by Gasteiger charge is -2.05. The third-order valence-corrected chi connectivity index (χ3v) is 3.17. The fourth-order valence-corrected chi connectivity index (χ4v) is 1.87. The van der Waals surface area contributed by atoms with E-state index in [2.05, 4.69) is 0 Å². The van der Waals surface area contributed by atoms with Crippen molar-refractivity contribution in [2.75, 3.05) is 0 Å². The van der Waals surface area contributed by atoms with Crippen molar-refractivity contribution < 1.29 is 8.78 Å². The number of hydrogen-bond donors (Lipinski definition) is 0. The molecular weight excluding hydrogens is 230 g/mol. The van der Waals surface area contributed by atoms with Gasteiger partial charge in [0.15, 0.2) is 0 Å². The van der Waals surface area contributed by atoms with Crippen LogP contribution < -0.4 is 0 Å². The molecule has 0 heterocycles. The molecule has 2 aromatic carbocycles. The number of benzene rings is 2. The van der Waals surface area contributed by atoms with Crippen LogP contribution in [0.15, 0.2) is 36.4 Å². The topological polar surface area (TPSA) is 0 Å². The summed E-state index contributed by atoms with van der Waals surface area (Å²) in [6.45, 7) is 3.49. The van der Waals surface area contributed by atoms with Crippen molar-refractivity contribution in [3.8, 4) is 0 Å². The quantitative estimate of drug-likeness (QED) is 0.754. The van der Waals surface area contributed by atoms with Gasteiger partial charge in [-0.1, -0.05) is 24.3 Å². The van der Waals surface area contributed by atoms with Crippen molar-refractivity contribution >= 4 is 0 Å². The smallest absolute Gasteiger partial charge is 0.126 e. The van der Waals surface area contributed by atoms with Crippen LogP contribution in [0.25, 0.3) is 0 Å². The maximum absolute atomic E-state index is 13.4. The van der Waals surface area contributed by atoms with E-state index in [-0.39, 0.29) is 11.6 Å². The second-order valence-electron chi connectivity index (χ2n) is 4.67. The van der Waals surface area contributed by atoms with Crippen LogP contribution in [0.1, 0.15) is 22.3 Å². The van der Waals surface area contributed by atoms with Gasteiger partial charge >= 0.3 is 0 Å². The summed E-state index contributed by atoms with van der Waals surface area (Å²) < 4.78 is 26.7. The molecule has 0 fully saturated rings. The zero-order valence-corrected chi connectivity index (χ0v) is 10.6. The maximum Gasteiger partial charge on any atom is 0.126 e. The molecule has 0 saturated heterocycles. The van der Waals surface area contributed by atoms with Crippen molar-refractivity contribution in [1.29, 1.82) is 0 Å². The molecule has 0 radical (unpaired) electrons. The predicted octanol–water partition coefficient (Wildman–Crippen LogP) is 4.37. The molecule has 0 aliphatic rings. The Labute approximate surface area is 106 Å². The summed E-state index contributed by atoms with van der Waals surface area (Å²) >= 11 is 0. The third-order valence-electron chi connectivity index (χ3n) is 3.17. The molecule has 0 bridgehead atoms. The van der Waals surface area contributed by atoms with Gasteiger partial charge in [0.1, 0.15) is 11.6 Å². The average Bonchev–Trinajstić information content (AvgIpc) is 2.35. The minimum absolute atomic E-state index is 0.178. The van der Waals surface area contributed by atoms with Crippen LogP contribution in [0.4, 0.5) is 8.78 Å². The number of halogens is 2. The summed E-state index contributed by atoms with van der Waals surface area (Å²) in [4.78, 5) is 0. The van der Waals surface area contributed by atoms with Crippen LogP contribution in [0.5, 0.6) is 0 Å². The van der Waals surface area contributed by atoms with E-state index in [0.717, 1.165) is 24.0 Å². The molecule has 0 N–H and O–H groups in total. The lowest BCUT2D eigenvalue weighted by Crippen LogP contribution is -1.95. The SMILES string of the molecule is Cc1ccc(CCc2ccc(C)c(F)c2)cc1F. The Morgan fingerprint density at radius 3 is 1.44 bits per heavy atom. The van der Waals surface area contributed by atoms with Gasteiger partial charge in [-0.2, -0.15) is 0 Å². The first-order chi connectivity index (χ1) is 8.56. The van der Waals surface area contributed by atoms with E-state index in [1.165, 1.54) is 0 Å². The summed E-state index contributed by atoms with van der Waals surface area (Å²) in [5.41, 5.74) is 3.19. The largest absolute Gasteiger partial charge is 0.207 e. The Morgan fingerprint density at radius 2 is 1.11 bits per heavy atom. The Bertz CT molecular complexity index is 508. The first-order valence-corrected chi connectivity index (χ1v) is 6.06. The molecule has 2 aromatic rings. The zero-order valence-electron chi connectivity index (χ0n) is 10.6. The first kappa shape index (κ1) is 12.7. The monoisotopic (exact) mass is 246 g/mol. The molecule has 2 rings (SSSR count). The third kappa shape index (κ3) is 2.95. The molecule has 2 heteroatoms. The van der Waals surface area contributed by atoms with Gasteiger partial charge in [-0.3, -0.25) is 0 Å². The van der Waals surface area contributed by atoms with Gasteiger partial charge in [0.2, 0.25) is 0 Å². The van der Waals surface area contributed by atoms with E-state index in [1.807, 2.05) is 12.1 Å². The Morgan fingerprint density at radius 1 is 0.722 bits per heavy atom. The van der Waals surface area contributed by atoms with E-state index in [4.69, 9.17) is 0 Å². The molecule has 0 saturated carbocycles. The number of hydrogen-bond acceptors (Lipinski definition) is 0. The molecule has 0 unspecified atom stereocenters. The van der Waals surface area contributed by atoms with Crippen LogP contribution in [0.2, 0.25) is 0 Å². The summed E-state index contributed by atoms with van der Waals surface area (Å²) in [5.74, 6) is -0.356. The van der Waals surface area contributed by atoms with Gasteiger partial charge < -0.3 is 0 Å². The summed E-state index contributed by atoms with van der Waals surface area (Å²) in [5, 5.41) is 0. The van der Waals surface area contributed by atoms with E-state index in [9.17, 15) is 8.78 Å². The molecule has 18 heavy (non-hydrogen) atoms. The molecule has 0 amide bonds. The van der Waals surface area contributed by atoms with Gasteiger partial charge in [-0.15, -0.1) is 0 Å². The van der Waals surface area contributed by atoms with E-state index in [1.54, 1.807) is 38.1 Å².